The van der Waals surface area contributed by atoms with Gasteiger partial charge in [-0.1, -0.05) is 73.9 Å². The maximum Gasteiger partial charge on any atom is 0.410 e. The second-order valence-corrected chi connectivity index (χ2v) is 22.2. The smallest absolute Gasteiger partial charge is 0.410 e. The Morgan fingerprint density at radius 2 is 1.53 bits per heavy atom. The molecular formula is C54H86N6O14. The van der Waals surface area contributed by atoms with E-state index in [0.29, 0.717) is 24.2 Å². The molecule has 2 saturated heterocycles. The van der Waals surface area contributed by atoms with Gasteiger partial charge in [0.25, 0.3) is 0 Å². The Kier molecular flexibility index (Phi) is 23.4. The van der Waals surface area contributed by atoms with Crippen molar-refractivity contribution in [2.75, 3.05) is 27.7 Å². The van der Waals surface area contributed by atoms with Crippen LogP contribution in [-0.2, 0) is 59.0 Å². The summed E-state index contributed by atoms with van der Waals surface area (Å²) in [5.74, 6) is -8.70. The van der Waals surface area contributed by atoms with Crippen LogP contribution in [-0.4, -0.2) is 161 Å². The van der Waals surface area contributed by atoms with E-state index in [9.17, 15) is 48.3 Å². The highest BCUT2D eigenvalue weighted by Crippen LogP contribution is 2.26. The van der Waals surface area contributed by atoms with E-state index < -0.39 is 138 Å². The van der Waals surface area contributed by atoms with Gasteiger partial charge in [0, 0.05) is 27.1 Å². The first-order valence-electron chi connectivity index (χ1n) is 26.1. The quantitative estimate of drug-likeness (QED) is 0.122. The van der Waals surface area contributed by atoms with Gasteiger partial charge in [0.1, 0.15) is 47.7 Å². The topological polar surface area (TPSA) is 257 Å². The number of aliphatic hydroxyl groups is 1. The molecule has 0 unspecified atom stereocenters. The lowest BCUT2D eigenvalue weighted by Gasteiger charge is -2.36. The predicted octanol–water partition coefficient (Wildman–Crippen LogP) is 4.35. The summed E-state index contributed by atoms with van der Waals surface area (Å²) in [7, 11) is 4.30. The van der Waals surface area contributed by atoms with Gasteiger partial charge in [0.05, 0.1) is 31.6 Å². The number of carbonyl (C=O) groups excluding carboxylic acids is 9. The highest BCUT2D eigenvalue weighted by Gasteiger charge is 2.45. The van der Waals surface area contributed by atoms with Gasteiger partial charge in [-0.3, -0.25) is 38.5 Å². The number of carbonyl (C=O) groups is 9. The third-order valence-corrected chi connectivity index (χ3v) is 13.6. The van der Waals surface area contributed by atoms with Crippen LogP contribution in [0.5, 0.6) is 5.75 Å². The van der Waals surface area contributed by atoms with Crippen LogP contribution in [0, 0.1) is 29.6 Å². The maximum atomic E-state index is 14.8. The number of methoxy groups -OCH3 is 1. The lowest BCUT2D eigenvalue weighted by Crippen LogP contribution is -2.61. The van der Waals surface area contributed by atoms with E-state index in [0.717, 1.165) is 4.90 Å². The van der Waals surface area contributed by atoms with Crippen LogP contribution in [0.15, 0.2) is 24.3 Å². The lowest BCUT2D eigenvalue weighted by molar-refractivity contribution is -0.163. The SMILES string of the molecule is CC[C@H](C)[C@H]1NC(=O)[C@H](NC(=O)[C@@H](CC(C)C)N(C)C(=O)OC(C)(C)C)[C@@H](C)OC(=O)[C@H](Cc2ccc(OC)cc2)N(C)C(=O)[C@@H]2CCCN2C(=O)[C@H](CC(C)C)NC(=O)[C@@H](C)C(=O)[C@H](C(C)C)OC(=O)C[C@@H]1O. The molecule has 20 heteroatoms. The Bertz CT molecular complexity index is 2120. The zero-order valence-corrected chi connectivity index (χ0v) is 46.6. The van der Waals surface area contributed by atoms with Gasteiger partial charge in [-0.25, -0.2) is 9.59 Å². The fraction of sp³-hybridized carbons (Fsp3) is 0.722. The summed E-state index contributed by atoms with van der Waals surface area (Å²) in [6, 6.07) is -0.924. The van der Waals surface area contributed by atoms with Crippen LogP contribution in [0.1, 0.15) is 134 Å². The summed E-state index contributed by atoms with van der Waals surface area (Å²) >= 11 is 0. The Hall–Kier alpha value is -5.79. The van der Waals surface area contributed by atoms with Crippen LogP contribution in [0.3, 0.4) is 0 Å². The minimum atomic E-state index is -1.71. The molecule has 2 aliphatic heterocycles. The highest BCUT2D eigenvalue weighted by molar-refractivity contribution is 6.05. The second kappa shape index (κ2) is 27.7. The molecule has 74 heavy (non-hydrogen) atoms. The maximum absolute atomic E-state index is 14.8. The van der Waals surface area contributed by atoms with Gasteiger partial charge in [0.15, 0.2) is 11.9 Å². The predicted molar refractivity (Wildman–Crippen MR) is 275 cm³/mol. The van der Waals surface area contributed by atoms with Crippen molar-refractivity contribution < 1.29 is 67.2 Å². The minimum absolute atomic E-state index is 0.105. The number of aliphatic hydroxyl groups excluding tert-OH is 1. The van der Waals surface area contributed by atoms with Gasteiger partial charge >= 0.3 is 18.0 Å². The molecule has 20 nitrogen and oxygen atoms in total. The largest absolute Gasteiger partial charge is 0.497 e. The Morgan fingerprint density at radius 3 is 2.07 bits per heavy atom. The Balaban J connectivity index is 2.29. The van der Waals surface area contributed by atoms with Crippen LogP contribution in [0.25, 0.3) is 0 Å². The van der Waals surface area contributed by atoms with Crippen LogP contribution >= 0.6 is 0 Å². The van der Waals surface area contributed by atoms with E-state index in [4.69, 9.17) is 18.9 Å². The number of cyclic esters (lactones) is 2. The fourth-order valence-corrected chi connectivity index (χ4v) is 9.06. The zero-order valence-electron chi connectivity index (χ0n) is 46.6. The number of likely N-dealkylation sites (N-methyl/N-ethyl adjacent to an activating group) is 2. The summed E-state index contributed by atoms with van der Waals surface area (Å²) in [5.41, 5.74) is -0.325. The number of amides is 6. The zero-order chi connectivity index (χ0) is 56.1. The molecular weight excluding hydrogens is 957 g/mol. The van der Waals surface area contributed by atoms with Crippen molar-refractivity contribution in [3.05, 3.63) is 29.8 Å². The van der Waals surface area contributed by atoms with E-state index in [2.05, 4.69) is 16.0 Å². The van der Waals surface area contributed by atoms with E-state index in [-0.39, 0.29) is 44.1 Å². The van der Waals surface area contributed by atoms with Crippen molar-refractivity contribution in [3.8, 4) is 5.75 Å². The molecule has 3 rings (SSSR count). The summed E-state index contributed by atoms with van der Waals surface area (Å²) in [6.45, 7) is 22.1. The molecule has 2 fully saturated rings. The van der Waals surface area contributed by atoms with Gasteiger partial charge in [-0.15, -0.1) is 0 Å². The van der Waals surface area contributed by atoms with Crippen LogP contribution < -0.4 is 20.7 Å². The van der Waals surface area contributed by atoms with E-state index in [1.54, 1.807) is 72.7 Å². The van der Waals surface area contributed by atoms with Gasteiger partial charge in [-0.2, -0.15) is 0 Å². The molecule has 416 valence electrons. The average Bonchev–Trinajstić information content (AvgIpc) is 3.82. The molecule has 0 spiro atoms. The number of nitrogens with one attached hydrogen (secondary N) is 3. The standard InChI is InChI=1S/C54H86N6O14/c1-17-32(8)43-41(61)28-42(62)73-46(31(6)7)45(63)33(9)47(64)55-37(25-29(2)3)50(67)60-24-18-19-38(60)51(68)58(14)40(27-35-20-22-36(71-16)23-21-35)52(69)72-34(10)44(49(66)56-43)57-48(65)39(26-30(4)5)59(15)53(70)74-54(11,12)13/h20-23,29-34,37-41,43-44,46,61H,17-19,24-28H2,1-16H3,(H,55,64)(H,56,66)(H,57,65)/t32-,33-,34+,37-,38-,39+,40-,41-,43+,44+,46-/m0/s1. The van der Waals surface area contributed by atoms with E-state index in [1.165, 1.54) is 44.9 Å². The molecule has 1 aromatic rings. The van der Waals surface area contributed by atoms with Gasteiger partial charge in [-0.05, 0) is 102 Å². The highest BCUT2D eigenvalue weighted by atomic mass is 16.6. The normalized spacial score (nSPS) is 26.4. The molecule has 1 aromatic carbocycles. The molecule has 0 saturated carbocycles. The number of fused-ring (bicyclic) bond motifs is 1. The summed E-state index contributed by atoms with van der Waals surface area (Å²) in [6.07, 6.45) is -4.89. The van der Waals surface area contributed by atoms with Gasteiger partial charge in [0.2, 0.25) is 29.5 Å². The van der Waals surface area contributed by atoms with Crippen LogP contribution in [0.2, 0.25) is 0 Å². The molecule has 0 aromatic heterocycles. The third kappa shape index (κ3) is 17.4. The summed E-state index contributed by atoms with van der Waals surface area (Å²) in [5, 5.41) is 20.0. The first kappa shape index (κ1) is 62.5. The van der Waals surface area contributed by atoms with E-state index >= 15 is 0 Å². The fourth-order valence-electron chi connectivity index (χ4n) is 9.06. The van der Waals surface area contributed by atoms with Crippen molar-refractivity contribution in [1.82, 2.24) is 30.7 Å². The molecule has 11 atom stereocenters. The van der Waals surface area contributed by atoms with Crippen molar-refractivity contribution in [3.63, 3.8) is 0 Å². The number of ketones is 1. The monoisotopic (exact) mass is 1040 g/mol. The van der Waals surface area contributed by atoms with Gasteiger partial charge < -0.3 is 49.8 Å². The lowest BCUT2D eigenvalue weighted by atomic mass is 9.91. The molecule has 2 heterocycles. The number of ether oxygens (including phenoxy) is 4. The molecule has 0 radical (unpaired) electrons. The first-order valence-corrected chi connectivity index (χ1v) is 26.1. The number of hydrogen-bond donors (Lipinski definition) is 4. The van der Waals surface area contributed by atoms with Crippen LogP contribution in [0.4, 0.5) is 4.79 Å². The van der Waals surface area contributed by atoms with Crippen molar-refractivity contribution in [2.24, 2.45) is 29.6 Å². The molecule has 4 N–H and O–H groups in total. The van der Waals surface area contributed by atoms with Crippen molar-refractivity contribution in [2.45, 2.75) is 195 Å². The number of benzene rings is 1. The number of rotatable bonds is 13. The molecule has 6 amide bonds. The number of esters is 2. The summed E-state index contributed by atoms with van der Waals surface area (Å²) in [4.78, 5) is 132. The molecule has 2 aliphatic rings. The van der Waals surface area contributed by atoms with Crippen molar-refractivity contribution >= 4 is 53.4 Å². The number of Topliss-reactive ketones (excluding diaryl/α,β-unsaturated/α-hetero) is 1. The Labute approximate surface area is 438 Å². The number of hydrogen-bond acceptors (Lipinski definition) is 14. The number of nitrogens with zero attached hydrogens (tertiary/aromatic N) is 3. The van der Waals surface area contributed by atoms with E-state index in [1.807, 2.05) is 27.7 Å². The molecule has 0 aliphatic carbocycles. The first-order chi connectivity index (χ1) is 34.4. The average molecular weight is 1040 g/mol. The Morgan fingerprint density at radius 1 is 0.905 bits per heavy atom. The second-order valence-electron chi connectivity index (χ2n) is 22.2. The summed E-state index contributed by atoms with van der Waals surface area (Å²) < 4.78 is 22.8. The minimum Gasteiger partial charge on any atom is -0.497 e. The molecule has 0 bridgehead atoms. The van der Waals surface area contributed by atoms with Crippen molar-refractivity contribution in [1.29, 1.82) is 0 Å². The third-order valence-electron chi connectivity index (χ3n) is 13.6.